The first-order chi connectivity index (χ1) is 13.5. The second-order valence-electron chi connectivity index (χ2n) is 7.85. The van der Waals surface area contributed by atoms with Gasteiger partial charge in [-0.05, 0) is 47.6 Å². The van der Waals surface area contributed by atoms with Crippen molar-refractivity contribution in [1.29, 1.82) is 0 Å². The van der Waals surface area contributed by atoms with Crippen molar-refractivity contribution >= 4 is 20.9 Å². The summed E-state index contributed by atoms with van der Waals surface area (Å²) in [5.41, 5.74) is 1.83. The number of hydrogen-bond acceptors (Lipinski definition) is 3. The van der Waals surface area contributed by atoms with Crippen molar-refractivity contribution in [2.45, 2.75) is 95.8 Å². The SMILES string of the molecule is CCCCCCCc1ccc2c(CCCCCCC)cccc2c1S(=O)(=O)[O-].[K+]. The van der Waals surface area contributed by atoms with Gasteiger partial charge in [0.2, 0.25) is 0 Å². The molecule has 2 rings (SSSR count). The van der Waals surface area contributed by atoms with Gasteiger partial charge in [-0.1, -0.05) is 95.5 Å². The van der Waals surface area contributed by atoms with Crippen LogP contribution in [0.2, 0.25) is 0 Å². The summed E-state index contributed by atoms with van der Waals surface area (Å²) in [7, 11) is -4.51. The molecule has 5 heteroatoms. The maximum atomic E-state index is 12.1. The van der Waals surface area contributed by atoms with Crippen molar-refractivity contribution < 1.29 is 64.4 Å². The van der Waals surface area contributed by atoms with Gasteiger partial charge in [-0.3, -0.25) is 0 Å². The molecule has 2 aromatic rings. The molecule has 29 heavy (non-hydrogen) atoms. The Morgan fingerprint density at radius 2 is 1.24 bits per heavy atom. The summed E-state index contributed by atoms with van der Waals surface area (Å²) in [6, 6.07) is 9.64. The Morgan fingerprint density at radius 3 is 1.79 bits per heavy atom. The molecule has 0 aromatic heterocycles. The van der Waals surface area contributed by atoms with E-state index in [2.05, 4.69) is 19.9 Å². The molecule has 0 saturated carbocycles. The zero-order valence-electron chi connectivity index (χ0n) is 18.5. The molecule has 0 aliphatic carbocycles. The van der Waals surface area contributed by atoms with Gasteiger partial charge < -0.3 is 4.55 Å². The van der Waals surface area contributed by atoms with Gasteiger partial charge in [0.25, 0.3) is 0 Å². The third kappa shape index (κ3) is 8.72. The van der Waals surface area contributed by atoms with Crippen LogP contribution in [0.3, 0.4) is 0 Å². The number of unbranched alkanes of at least 4 members (excludes halogenated alkanes) is 8. The first kappa shape index (κ1) is 27.3. The van der Waals surface area contributed by atoms with Crippen LogP contribution in [0.25, 0.3) is 10.8 Å². The molecular weight excluding hydrogens is 407 g/mol. The van der Waals surface area contributed by atoms with E-state index in [4.69, 9.17) is 0 Å². The van der Waals surface area contributed by atoms with Crippen molar-refractivity contribution in [1.82, 2.24) is 0 Å². The average Bonchev–Trinajstić information content (AvgIpc) is 2.66. The normalized spacial score (nSPS) is 11.6. The molecule has 3 nitrogen and oxygen atoms in total. The molecule has 0 aliphatic heterocycles. The summed E-state index contributed by atoms with van der Waals surface area (Å²) >= 11 is 0. The van der Waals surface area contributed by atoms with E-state index in [1.807, 2.05) is 18.2 Å². The topological polar surface area (TPSA) is 57.2 Å². The molecular formula is C24H35KO3S. The van der Waals surface area contributed by atoms with E-state index in [9.17, 15) is 13.0 Å². The molecule has 0 heterocycles. The molecule has 0 radical (unpaired) electrons. The quantitative estimate of drug-likeness (QED) is 0.269. The summed E-state index contributed by atoms with van der Waals surface area (Å²) in [6.07, 6.45) is 13.1. The number of rotatable bonds is 13. The molecule has 0 aliphatic rings. The van der Waals surface area contributed by atoms with Crippen LogP contribution in [0.5, 0.6) is 0 Å². The molecule has 0 atom stereocenters. The zero-order chi connectivity index (χ0) is 20.4. The van der Waals surface area contributed by atoms with E-state index >= 15 is 0 Å². The predicted octanol–water partition coefficient (Wildman–Crippen LogP) is 3.77. The Balaban J connectivity index is 0.00000420. The molecule has 2 aromatic carbocycles. The Labute approximate surface area is 220 Å². The smallest absolute Gasteiger partial charge is 0.744 e. The minimum atomic E-state index is -4.51. The van der Waals surface area contributed by atoms with Crippen molar-refractivity contribution in [3.8, 4) is 0 Å². The molecule has 0 amide bonds. The van der Waals surface area contributed by atoms with E-state index in [0.717, 1.165) is 43.1 Å². The first-order valence-corrected chi connectivity index (χ1v) is 12.4. The van der Waals surface area contributed by atoms with Crippen LogP contribution in [0.1, 0.15) is 89.2 Å². The van der Waals surface area contributed by atoms with Crippen molar-refractivity contribution in [3.63, 3.8) is 0 Å². The van der Waals surface area contributed by atoms with E-state index in [0.29, 0.717) is 17.4 Å². The second kappa shape index (κ2) is 14.3. The van der Waals surface area contributed by atoms with Crippen LogP contribution in [0.4, 0.5) is 0 Å². The first-order valence-electron chi connectivity index (χ1n) is 11.0. The number of fused-ring (bicyclic) bond motifs is 1. The molecule has 0 saturated heterocycles. The van der Waals surface area contributed by atoms with Crippen LogP contribution >= 0.6 is 0 Å². The van der Waals surface area contributed by atoms with Gasteiger partial charge in [-0.2, -0.15) is 0 Å². The maximum absolute atomic E-state index is 12.1. The summed E-state index contributed by atoms with van der Waals surface area (Å²) < 4.78 is 36.3. The van der Waals surface area contributed by atoms with Crippen molar-refractivity contribution in [2.75, 3.05) is 0 Å². The van der Waals surface area contributed by atoms with Crippen molar-refractivity contribution in [3.05, 3.63) is 41.5 Å². The van der Waals surface area contributed by atoms with E-state index in [1.54, 1.807) is 6.07 Å². The van der Waals surface area contributed by atoms with Gasteiger partial charge in [-0.15, -0.1) is 0 Å². The summed E-state index contributed by atoms with van der Waals surface area (Å²) in [5.74, 6) is 0. The second-order valence-corrected chi connectivity index (χ2v) is 9.17. The van der Waals surface area contributed by atoms with Gasteiger partial charge in [0.15, 0.2) is 0 Å². The van der Waals surface area contributed by atoms with Crippen molar-refractivity contribution in [2.24, 2.45) is 0 Å². The fraction of sp³-hybridized carbons (Fsp3) is 0.583. The summed E-state index contributed by atoms with van der Waals surface area (Å²) in [6.45, 7) is 4.38. The van der Waals surface area contributed by atoms with Gasteiger partial charge in [0.1, 0.15) is 10.1 Å². The largest absolute Gasteiger partial charge is 1.00 e. The van der Waals surface area contributed by atoms with Crippen LogP contribution in [-0.2, 0) is 23.0 Å². The molecule has 0 fully saturated rings. The standard InChI is InChI=1S/C24H36O3S.K/c1-3-5-7-9-11-14-20-16-13-17-23-22(20)19-18-21(24(23)28(25,26)27)15-12-10-8-6-4-2;/h13,16-19H,3-12,14-15H2,1-2H3,(H,25,26,27);/q;+1/p-1. The van der Waals surface area contributed by atoms with E-state index in [-0.39, 0.29) is 56.3 Å². The Kier molecular flexibility index (Phi) is 13.5. The van der Waals surface area contributed by atoms with Crippen LogP contribution in [0.15, 0.2) is 35.2 Å². The molecule has 0 unspecified atom stereocenters. The third-order valence-electron chi connectivity index (χ3n) is 5.53. The third-order valence-corrected chi connectivity index (χ3v) is 6.52. The molecule has 156 valence electrons. The Morgan fingerprint density at radius 1 is 0.690 bits per heavy atom. The van der Waals surface area contributed by atoms with Gasteiger partial charge in [0, 0.05) is 0 Å². The number of aryl methyl sites for hydroxylation is 2. The minimum Gasteiger partial charge on any atom is -0.744 e. The molecule has 0 bridgehead atoms. The van der Waals surface area contributed by atoms with Crippen LogP contribution in [-0.4, -0.2) is 13.0 Å². The van der Waals surface area contributed by atoms with Crippen LogP contribution < -0.4 is 51.4 Å². The maximum Gasteiger partial charge on any atom is 1.00 e. The summed E-state index contributed by atoms with van der Waals surface area (Å²) in [5, 5.41) is 1.52. The number of hydrogen-bond donors (Lipinski definition) is 0. The van der Waals surface area contributed by atoms with E-state index in [1.165, 1.54) is 38.5 Å². The Hall–Kier alpha value is 0.246. The van der Waals surface area contributed by atoms with Crippen LogP contribution in [0, 0.1) is 0 Å². The van der Waals surface area contributed by atoms with Gasteiger partial charge in [-0.25, -0.2) is 8.42 Å². The summed E-state index contributed by atoms with van der Waals surface area (Å²) in [4.78, 5) is 0.00771. The fourth-order valence-electron chi connectivity index (χ4n) is 3.99. The fourth-order valence-corrected chi connectivity index (χ4v) is 4.93. The van der Waals surface area contributed by atoms with Gasteiger partial charge >= 0.3 is 51.4 Å². The minimum absolute atomic E-state index is 0. The van der Waals surface area contributed by atoms with Gasteiger partial charge in [0.05, 0.1) is 4.90 Å². The monoisotopic (exact) mass is 442 g/mol. The Bertz CT molecular complexity index is 847. The predicted molar refractivity (Wildman–Crippen MR) is 117 cm³/mol. The number of benzene rings is 2. The average molecular weight is 443 g/mol. The zero-order valence-corrected chi connectivity index (χ0v) is 22.4. The van der Waals surface area contributed by atoms with E-state index < -0.39 is 10.1 Å². The molecule has 0 N–H and O–H groups in total. The molecule has 0 spiro atoms.